The van der Waals surface area contributed by atoms with Crippen molar-refractivity contribution in [1.29, 1.82) is 0 Å². The predicted molar refractivity (Wildman–Crippen MR) is 42.0 cm³/mol. The van der Waals surface area contributed by atoms with E-state index in [1.807, 2.05) is 0 Å². The molecule has 1 saturated heterocycles. The monoisotopic (exact) mass is 192 g/mol. The molecule has 1 rings (SSSR count). The van der Waals surface area contributed by atoms with Crippen molar-refractivity contribution in [2.45, 2.75) is 31.8 Å². The van der Waals surface area contributed by atoms with Crippen LogP contribution in [-0.4, -0.2) is 18.0 Å². The van der Waals surface area contributed by atoms with Gasteiger partial charge >= 0.3 is 0 Å². The summed E-state index contributed by atoms with van der Waals surface area (Å²) in [5, 5.41) is 1.08. The van der Waals surface area contributed by atoms with Crippen molar-refractivity contribution in [1.82, 2.24) is 0 Å². The average Bonchev–Trinajstić information content (AvgIpc) is 1.91. The maximum absolute atomic E-state index is 5.49. The molecule has 0 aromatic heterocycles. The summed E-state index contributed by atoms with van der Waals surface area (Å²) < 4.78 is 5.49. The summed E-state index contributed by atoms with van der Waals surface area (Å²) in [6, 6.07) is 0. The maximum atomic E-state index is 5.49. The van der Waals surface area contributed by atoms with Crippen LogP contribution >= 0.6 is 15.9 Å². The molecule has 1 fully saturated rings. The minimum atomic E-state index is 0.554. The highest BCUT2D eigenvalue weighted by Gasteiger charge is 2.11. The molecule has 0 bridgehead atoms. The van der Waals surface area contributed by atoms with Crippen molar-refractivity contribution in [3.8, 4) is 0 Å². The molecule has 0 N–H and O–H groups in total. The molecule has 0 radical (unpaired) electrons. The Morgan fingerprint density at radius 3 is 2.89 bits per heavy atom. The van der Waals surface area contributed by atoms with Crippen LogP contribution < -0.4 is 0 Å². The molecule has 0 aliphatic carbocycles. The van der Waals surface area contributed by atoms with E-state index in [1.54, 1.807) is 0 Å². The summed E-state index contributed by atoms with van der Waals surface area (Å²) in [4.78, 5) is 0. The van der Waals surface area contributed by atoms with E-state index in [4.69, 9.17) is 4.74 Å². The largest absolute Gasteiger partial charge is 0.378 e. The molecular weight excluding hydrogens is 180 g/mol. The fourth-order valence-electron chi connectivity index (χ4n) is 1.16. The smallest absolute Gasteiger partial charge is 0.0583 e. The Morgan fingerprint density at radius 2 is 2.33 bits per heavy atom. The van der Waals surface area contributed by atoms with Crippen LogP contribution in [0.5, 0.6) is 0 Å². The summed E-state index contributed by atoms with van der Waals surface area (Å²) in [5.74, 6) is 0. The molecule has 9 heavy (non-hydrogen) atoms. The van der Waals surface area contributed by atoms with Gasteiger partial charge in [-0.1, -0.05) is 15.9 Å². The number of ether oxygens (including phenoxy) is 1. The van der Waals surface area contributed by atoms with E-state index in [9.17, 15) is 0 Å². The zero-order chi connectivity index (χ0) is 6.53. The highest BCUT2D eigenvalue weighted by atomic mass is 79.9. The molecule has 1 aliphatic rings. The summed E-state index contributed by atoms with van der Waals surface area (Å²) in [6.07, 6.45) is 5.63. The lowest BCUT2D eigenvalue weighted by molar-refractivity contribution is 0.0151. The lowest BCUT2D eigenvalue weighted by Gasteiger charge is -2.21. The molecule has 1 atom stereocenters. The van der Waals surface area contributed by atoms with Crippen LogP contribution in [0.4, 0.5) is 0 Å². The summed E-state index contributed by atoms with van der Waals surface area (Å²) in [7, 11) is 0. The topological polar surface area (TPSA) is 9.23 Å². The Morgan fingerprint density at radius 1 is 1.44 bits per heavy atom. The first-order chi connectivity index (χ1) is 4.43. The SMILES string of the molecule is BrCC[C@H]1CCCCO1. The van der Waals surface area contributed by atoms with Crippen LogP contribution in [-0.2, 0) is 4.74 Å². The first kappa shape index (κ1) is 7.55. The second-order valence-corrected chi connectivity index (χ2v) is 3.26. The van der Waals surface area contributed by atoms with Gasteiger partial charge in [0, 0.05) is 11.9 Å². The highest BCUT2D eigenvalue weighted by Crippen LogP contribution is 2.15. The molecule has 0 aromatic carbocycles. The average molecular weight is 193 g/mol. The van der Waals surface area contributed by atoms with Crippen molar-refractivity contribution in [2.24, 2.45) is 0 Å². The molecule has 1 nitrogen and oxygen atoms in total. The van der Waals surface area contributed by atoms with Gasteiger partial charge in [-0.15, -0.1) is 0 Å². The normalized spacial score (nSPS) is 28.3. The summed E-state index contributed by atoms with van der Waals surface area (Å²) >= 11 is 3.40. The van der Waals surface area contributed by atoms with Crippen LogP contribution in [0.1, 0.15) is 25.7 Å². The van der Waals surface area contributed by atoms with E-state index in [-0.39, 0.29) is 0 Å². The predicted octanol–water partition coefficient (Wildman–Crippen LogP) is 2.34. The van der Waals surface area contributed by atoms with Gasteiger partial charge in [-0.25, -0.2) is 0 Å². The van der Waals surface area contributed by atoms with Gasteiger partial charge in [-0.2, -0.15) is 0 Å². The lowest BCUT2D eigenvalue weighted by atomic mass is 10.1. The van der Waals surface area contributed by atoms with Gasteiger partial charge < -0.3 is 4.74 Å². The van der Waals surface area contributed by atoms with E-state index in [2.05, 4.69) is 15.9 Å². The van der Waals surface area contributed by atoms with E-state index in [0.717, 1.165) is 11.9 Å². The third-order valence-electron chi connectivity index (χ3n) is 1.71. The van der Waals surface area contributed by atoms with Crippen LogP contribution in [0.2, 0.25) is 0 Å². The Kier molecular flexibility index (Phi) is 3.59. The van der Waals surface area contributed by atoms with Gasteiger partial charge in [-0.3, -0.25) is 0 Å². The fourth-order valence-corrected chi connectivity index (χ4v) is 1.67. The number of hydrogen-bond donors (Lipinski definition) is 0. The number of hydrogen-bond acceptors (Lipinski definition) is 1. The van der Waals surface area contributed by atoms with Gasteiger partial charge in [-0.05, 0) is 25.7 Å². The fraction of sp³-hybridized carbons (Fsp3) is 1.00. The Bertz CT molecular complexity index is 66.6. The molecule has 0 amide bonds. The van der Waals surface area contributed by atoms with E-state index >= 15 is 0 Å². The number of halogens is 1. The van der Waals surface area contributed by atoms with Gasteiger partial charge in [0.2, 0.25) is 0 Å². The van der Waals surface area contributed by atoms with Crippen molar-refractivity contribution >= 4 is 15.9 Å². The molecule has 1 heterocycles. The molecular formula is C7H13BrO. The Balaban J connectivity index is 2.08. The Labute approximate surface area is 64.9 Å². The molecule has 54 valence electrons. The van der Waals surface area contributed by atoms with Crippen LogP contribution in [0, 0.1) is 0 Å². The zero-order valence-corrected chi connectivity index (χ0v) is 7.19. The highest BCUT2D eigenvalue weighted by molar-refractivity contribution is 9.09. The maximum Gasteiger partial charge on any atom is 0.0583 e. The van der Waals surface area contributed by atoms with Crippen LogP contribution in [0.15, 0.2) is 0 Å². The van der Waals surface area contributed by atoms with E-state index < -0.39 is 0 Å². The molecule has 1 aliphatic heterocycles. The molecule has 2 heteroatoms. The van der Waals surface area contributed by atoms with Crippen molar-refractivity contribution in [3.63, 3.8) is 0 Å². The summed E-state index contributed by atoms with van der Waals surface area (Å²) in [6.45, 7) is 0.984. The van der Waals surface area contributed by atoms with Gasteiger partial charge in [0.15, 0.2) is 0 Å². The zero-order valence-electron chi connectivity index (χ0n) is 5.61. The van der Waals surface area contributed by atoms with Crippen molar-refractivity contribution in [2.75, 3.05) is 11.9 Å². The van der Waals surface area contributed by atoms with Crippen LogP contribution in [0.3, 0.4) is 0 Å². The second-order valence-electron chi connectivity index (χ2n) is 2.47. The number of rotatable bonds is 2. The van der Waals surface area contributed by atoms with Gasteiger partial charge in [0.1, 0.15) is 0 Å². The Hall–Kier alpha value is 0.440. The van der Waals surface area contributed by atoms with E-state index in [1.165, 1.54) is 25.7 Å². The molecule has 0 saturated carbocycles. The van der Waals surface area contributed by atoms with E-state index in [0.29, 0.717) is 6.10 Å². The van der Waals surface area contributed by atoms with Crippen LogP contribution in [0.25, 0.3) is 0 Å². The van der Waals surface area contributed by atoms with Gasteiger partial charge in [0.25, 0.3) is 0 Å². The van der Waals surface area contributed by atoms with Crippen molar-refractivity contribution in [3.05, 3.63) is 0 Å². The summed E-state index contributed by atoms with van der Waals surface area (Å²) in [5.41, 5.74) is 0. The van der Waals surface area contributed by atoms with Gasteiger partial charge in [0.05, 0.1) is 6.10 Å². The lowest BCUT2D eigenvalue weighted by Crippen LogP contribution is -2.18. The minimum absolute atomic E-state index is 0.554. The molecule has 0 aromatic rings. The molecule has 0 spiro atoms. The first-order valence-corrected chi connectivity index (χ1v) is 4.73. The minimum Gasteiger partial charge on any atom is -0.378 e. The number of alkyl halides is 1. The quantitative estimate of drug-likeness (QED) is 0.611. The second kappa shape index (κ2) is 4.29. The standard InChI is InChI=1S/C7H13BrO/c8-5-4-7-3-1-2-6-9-7/h7H,1-6H2/t7-/m1/s1. The molecule has 0 unspecified atom stereocenters. The first-order valence-electron chi connectivity index (χ1n) is 3.61. The van der Waals surface area contributed by atoms with Crippen molar-refractivity contribution < 1.29 is 4.74 Å². The third-order valence-corrected chi connectivity index (χ3v) is 2.16. The third kappa shape index (κ3) is 2.67.